The topological polar surface area (TPSA) is 37.5 Å². The lowest BCUT2D eigenvalue weighted by Crippen LogP contribution is -2.20. The summed E-state index contributed by atoms with van der Waals surface area (Å²) in [5, 5.41) is 4.92. The first-order valence-corrected chi connectivity index (χ1v) is 16.9. The lowest BCUT2D eigenvalue weighted by molar-refractivity contribution is 0.446. The summed E-state index contributed by atoms with van der Waals surface area (Å²) >= 11 is 0. The van der Waals surface area contributed by atoms with Crippen molar-refractivity contribution in [1.82, 2.24) is 4.98 Å². The highest BCUT2D eigenvalue weighted by atomic mass is 16.5. The van der Waals surface area contributed by atoms with Gasteiger partial charge in [0.05, 0.1) is 11.4 Å². The van der Waals surface area contributed by atoms with Gasteiger partial charge in [-0.2, -0.15) is 0 Å². The zero-order valence-electron chi connectivity index (χ0n) is 26.9. The quantitative estimate of drug-likeness (QED) is 0.209. The largest absolute Gasteiger partial charge is 0.453 e. The molecule has 4 nitrogen and oxygen atoms in total. The zero-order chi connectivity index (χ0) is 32.8. The number of rotatable bonds is 3. The Morgan fingerprint density at radius 3 is 1.92 bits per heavy atom. The fourth-order valence-corrected chi connectivity index (χ4v) is 7.87. The summed E-state index contributed by atoms with van der Waals surface area (Å²) in [6.45, 7) is 0. The van der Waals surface area contributed by atoms with E-state index < -0.39 is 0 Å². The number of nitrogens with zero attached hydrogens (tertiary/aromatic N) is 1. The Labute approximate surface area is 288 Å². The molecule has 0 amide bonds. The van der Waals surface area contributed by atoms with Crippen LogP contribution >= 0.6 is 0 Å². The predicted octanol–water partition coefficient (Wildman–Crippen LogP) is 13.2. The van der Waals surface area contributed by atoms with Crippen LogP contribution in [0.25, 0.3) is 66.0 Å². The standard InChI is InChI=1S/C46H28N2O2/c1-2-11-33-29(9-1)10-7-13-34(33)30-21-19-28(20-22-30)32-26-43-46-44(27-32)50-42-25-31(23-24-40(42)48(46)39-17-5-6-18-41(39)49-43)35-14-8-16-38-45(35)36-12-3-4-15-37(36)47-38/h1-27,47H. The van der Waals surface area contributed by atoms with Gasteiger partial charge >= 0.3 is 0 Å². The Morgan fingerprint density at radius 2 is 1.02 bits per heavy atom. The molecule has 8 aromatic carbocycles. The Morgan fingerprint density at radius 1 is 0.400 bits per heavy atom. The van der Waals surface area contributed by atoms with Crippen molar-refractivity contribution >= 4 is 49.6 Å². The maximum atomic E-state index is 6.86. The number of fused-ring (bicyclic) bond motifs is 8. The second kappa shape index (κ2) is 10.4. The van der Waals surface area contributed by atoms with Gasteiger partial charge < -0.3 is 14.5 Å². The molecule has 0 radical (unpaired) electrons. The number of aromatic amines is 1. The highest BCUT2D eigenvalue weighted by Gasteiger charge is 2.35. The molecule has 1 N–H and O–H groups in total. The lowest BCUT2D eigenvalue weighted by atomic mass is 9.95. The summed E-state index contributed by atoms with van der Waals surface area (Å²) in [5.41, 5.74) is 11.9. The van der Waals surface area contributed by atoms with E-state index in [0.717, 1.165) is 67.8 Å². The van der Waals surface area contributed by atoms with Gasteiger partial charge in [0.15, 0.2) is 23.0 Å². The number of nitrogens with one attached hydrogen (secondary N) is 1. The number of anilines is 3. The van der Waals surface area contributed by atoms with E-state index >= 15 is 0 Å². The maximum Gasteiger partial charge on any atom is 0.156 e. The molecule has 1 aromatic heterocycles. The molecule has 50 heavy (non-hydrogen) atoms. The molecule has 0 unspecified atom stereocenters. The molecule has 0 fully saturated rings. The van der Waals surface area contributed by atoms with Crippen LogP contribution < -0.4 is 14.4 Å². The van der Waals surface area contributed by atoms with Gasteiger partial charge in [0.25, 0.3) is 0 Å². The average molecular weight is 641 g/mol. The average Bonchev–Trinajstić information content (AvgIpc) is 3.56. The molecule has 234 valence electrons. The molecule has 0 aliphatic carbocycles. The molecule has 2 aliphatic heterocycles. The Bertz CT molecular complexity index is 2830. The van der Waals surface area contributed by atoms with Gasteiger partial charge in [-0.05, 0) is 92.7 Å². The van der Waals surface area contributed by atoms with Gasteiger partial charge in [0.1, 0.15) is 5.69 Å². The van der Waals surface area contributed by atoms with Crippen LogP contribution in [0.2, 0.25) is 0 Å². The zero-order valence-corrected chi connectivity index (χ0v) is 26.9. The molecule has 11 rings (SSSR count). The van der Waals surface area contributed by atoms with Gasteiger partial charge in [-0.1, -0.05) is 115 Å². The first-order chi connectivity index (χ1) is 24.8. The van der Waals surface area contributed by atoms with Crippen LogP contribution in [0.1, 0.15) is 0 Å². The lowest BCUT2D eigenvalue weighted by Gasteiger charge is -2.38. The van der Waals surface area contributed by atoms with E-state index in [1.165, 1.54) is 38.2 Å². The summed E-state index contributed by atoms with van der Waals surface area (Å²) in [6, 6.07) is 57.8. The molecule has 0 bridgehead atoms. The smallest absolute Gasteiger partial charge is 0.156 e. The number of H-pyrrole nitrogens is 1. The molecule has 4 heteroatoms. The molecule has 0 saturated carbocycles. The first-order valence-electron chi connectivity index (χ1n) is 16.9. The first kappa shape index (κ1) is 27.2. The third-order valence-electron chi connectivity index (χ3n) is 10.2. The fourth-order valence-electron chi connectivity index (χ4n) is 7.87. The number of hydrogen-bond acceptors (Lipinski definition) is 3. The van der Waals surface area contributed by atoms with Crippen LogP contribution in [0, 0.1) is 0 Å². The van der Waals surface area contributed by atoms with Gasteiger partial charge in [0, 0.05) is 21.8 Å². The Hall–Kier alpha value is -6.78. The van der Waals surface area contributed by atoms with Crippen LogP contribution in [0.5, 0.6) is 23.0 Å². The highest BCUT2D eigenvalue weighted by molar-refractivity contribution is 6.14. The second-order valence-corrected chi connectivity index (χ2v) is 13.0. The van der Waals surface area contributed by atoms with Crippen molar-refractivity contribution in [3.63, 3.8) is 0 Å². The monoisotopic (exact) mass is 640 g/mol. The SMILES string of the molecule is c1ccc2c(c1)Oc1cc(-c3ccc(-c4cccc5ccccc45)cc3)cc3c1N2c1ccc(-c2cccc4[nH]c5ccccc5c24)cc1O3. The number of ether oxygens (including phenoxy) is 2. The number of benzene rings is 8. The molecule has 0 spiro atoms. The number of hydrogen-bond donors (Lipinski definition) is 1. The number of para-hydroxylation sites is 3. The summed E-state index contributed by atoms with van der Waals surface area (Å²) in [6.07, 6.45) is 0. The van der Waals surface area contributed by atoms with E-state index in [-0.39, 0.29) is 0 Å². The van der Waals surface area contributed by atoms with Gasteiger partial charge in [-0.25, -0.2) is 0 Å². The van der Waals surface area contributed by atoms with Crippen molar-refractivity contribution in [3.05, 3.63) is 164 Å². The molecule has 0 atom stereocenters. The van der Waals surface area contributed by atoms with E-state index in [4.69, 9.17) is 9.47 Å². The van der Waals surface area contributed by atoms with Crippen LogP contribution in [-0.4, -0.2) is 4.98 Å². The third-order valence-corrected chi connectivity index (χ3v) is 10.2. The van der Waals surface area contributed by atoms with Crippen molar-refractivity contribution in [3.8, 4) is 56.4 Å². The minimum Gasteiger partial charge on any atom is -0.453 e. The number of aromatic nitrogens is 1. The molecule has 2 aliphatic rings. The van der Waals surface area contributed by atoms with Crippen LogP contribution in [0.3, 0.4) is 0 Å². The summed E-state index contributed by atoms with van der Waals surface area (Å²) < 4.78 is 13.4. The van der Waals surface area contributed by atoms with E-state index in [1.54, 1.807) is 0 Å². The van der Waals surface area contributed by atoms with Crippen LogP contribution in [0.4, 0.5) is 17.1 Å². The van der Waals surface area contributed by atoms with Crippen LogP contribution in [0.15, 0.2) is 164 Å². The van der Waals surface area contributed by atoms with E-state index in [9.17, 15) is 0 Å². The van der Waals surface area contributed by atoms with Gasteiger partial charge in [-0.15, -0.1) is 0 Å². The van der Waals surface area contributed by atoms with Crippen molar-refractivity contribution in [2.75, 3.05) is 4.90 Å². The fraction of sp³-hybridized carbons (Fsp3) is 0. The predicted molar refractivity (Wildman–Crippen MR) is 204 cm³/mol. The van der Waals surface area contributed by atoms with Crippen LogP contribution in [-0.2, 0) is 0 Å². The van der Waals surface area contributed by atoms with Crippen molar-refractivity contribution in [2.45, 2.75) is 0 Å². The molecular formula is C46H28N2O2. The molecule has 9 aromatic rings. The third kappa shape index (κ3) is 3.99. The highest BCUT2D eigenvalue weighted by Crippen LogP contribution is 2.61. The summed E-state index contributed by atoms with van der Waals surface area (Å²) in [4.78, 5) is 5.88. The second-order valence-electron chi connectivity index (χ2n) is 13.0. The van der Waals surface area contributed by atoms with E-state index in [0.29, 0.717) is 0 Å². The molecule has 0 saturated heterocycles. The van der Waals surface area contributed by atoms with E-state index in [1.807, 2.05) is 12.1 Å². The van der Waals surface area contributed by atoms with Crippen molar-refractivity contribution < 1.29 is 9.47 Å². The summed E-state index contributed by atoms with van der Waals surface area (Å²) in [5.74, 6) is 3.15. The Kier molecular flexibility index (Phi) is 5.63. The maximum absolute atomic E-state index is 6.86. The molecular weight excluding hydrogens is 613 g/mol. The van der Waals surface area contributed by atoms with Gasteiger partial charge in [-0.3, -0.25) is 4.90 Å². The Balaban J connectivity index is 1.04. The summed E-state index contributed by atoms with van der Waals surface area (Å²) in [7, 11) is 0. The molecule has 3 heterocycles. The normalized spacial score (nSPS) is 12.7. The van der Waals surface area contributed by atoms with Gasteiger partial charge in [0.2, 0.25) is 0 Å². The van der Waals surface area contributed by atoms with Crippen molar-refractivity contribution in [2.24, 2.45) is 0 Å². The minimum absolute atomic E-state index is 0.764. The van der Waals surface area contributed by atoms with Crippen molar-refractivity contribution in [1.29, 1.82) is 0 Å². The minimum atomic E-state index is 0.764. The van der Waals surface area contributed by atoms with E-state index in [2.05, 4.69) is 162 Å².